The third-order valence-electron chi connectivity index (χ3n) is 4.99. The number of carboxylic acid groups (broad SMARTS) is 1. The van der Waals surface area contributed by atoms with E-state index in [1.165, 1.54) is 6.92 Å². The Morgan fingerprint density at radius 3 is 2.77 bits per heavy atom. The Morgan fingerprint density at radius 1 is 1.31 bits per heavy atom. The molecule has 6 nitrogen and oxygen atoms in total. The minimum absolute atomic E-state index is 0.0245. The molecule has 0 heterocycles. The van der Waals surface area contributed by atoms with Crippen LogP contribution in [0.25, 0.3) is 0 Å². The molecule has 2 unspecified atom stereocenters. The van der Waals surface area contributed by atoms with Gasteiger partial charge in [-0.2, -0.15) is 0 Å². The SMILES string of the molecule is CC(=O)c1cccc(OCCCC(=O)NC2(C)CCCCC2C(=O)O)c1. The van der Waals surface area contributed by atoms with Crippen molar-refractivity contribution >= 4 is 17.7 Å². The molecular formula is C20H27NO5. The van der Waals surface area contributed by atoms with Crippen LogP contribution in [0.2, 0.25) is 0 Å². The molecule has 142 valence electrons. The lowest BCUT2D eigenvalue weighted by atomic mass is 9.74. The van der Waals surface area contributed by atoms with Gasteiger partial charge in [-0.25, -0.2) is 0 Å². The molecule has 0 saturated heterocycles. The van der Waals surface area contributed by atoms with Crippen LogP contribution in [-0.4, -0.2) is 34.9 Å². The van der Waals surface area contributed by atoms with Gasteiger partial charge >= 0.3 is 5.97 Å². The number of carbonyl (C=O) groups excluding carboxylic acids is 2. The molecule has 6 heteroatoms. The third kappa shape index (κ3) is 5.31. The summed E-state index contributed by atoms with van der Waals surface area (Å²) in [5.41, 5.74) is -0.0946. The van der Waals surface area contributed by atoms with Crippen LogP contribution in [0.4, 0.5) is 0 Å². The molecule has 1 amide bonds. The molecule has 0 aliphatic heterocycles. The summed E-state index contributed by atoms with van der Waals surface area (Å²) < 4.78 is 5.60. The molecular weight excluding hydrogens is 334 g/mol. The molecule has 1 fully saturated rings. The number of benzene rings is 1. The quantitative estimate of drug-likeness (QED) is 0.548. The topological polar surface area (TPSA) is 92.7 Å². The van der Waals surface area contributed by atoms with Crippen molar-refractivity contribution in [2.45, 2.75) is 57.9 Å². The average molecular weight is 361 g/mol. The Kier molecular flexibility index (Phi) is 6.77. The first-order chi connectivity index (χ1) is 12.3. The Bertz CT molecular complexity index is 672. The minimum atomic E-state index is -0.846. The maximum atomic E-state index is 12.2. The van der Waals surface area contributed by atoms with E-state index in [4.69, 9.17) is 4.74 Å². The molecule has 0 aromatic heterocycles. The second kappa shape index (κ2) is 8.83. The van der Waals surface area contributed by atoms with Crippen LogP contribution in [0.5, 0.6) is 5.75 Å². The smallest absolute Gasteiger partial charge is 0.308 e. The highest BCUT2D eigenvalue weighted by atomic mass is 16.5. The zero-order valence-corrected chi connectivity index (χ0v) is 15.4. The van der Waals surface area contributed by atoms with Crippen LogP contribution in [-0.2, 0) is 9.59 Å². The number of Topliss-reactive ketones (excluding diaryl/α,β-unsaturated/α-hetero) is 1. The highest BCUT2D eigenvalue weighted by Gasteiger charge is 2.41. The average Bonchev–Trinajstić information content (AvgIpc) is 2.58. The van der Waals surface area contributed by atoms with E-state index in [1.807, 2.05) is 6.92 Å². The van der Waals surface area contributed by atoms with Gasteiger partial charge in [0.1, 0.15) is 5.75 Å². The predicted molar refractivity (Wildman–Crippen MR) is 97.3 cm³/mol. The number of rotatable bonds is 8. The molecule has 2 atom stereocenters. The lowest BCUT2D eigenvalue weighted by Gasteiger charge is -2.39. The van der Waals surface area contributed by atoms with Gasteiger partial charge in [0.05, 0.1) is 18.1 Å². The standard InChI is InChI=1S/C20H27NO5/c1-14(22)15-7-5-8-16(13-15)26-12-6-10-18(23)21-20(2)11-4-3-9-17(20)19(24)25/h5,7-8,13,17H,3-4,6,9-12H2,1-2H3,(H,21,23)(H,24,25). The van der Waals surface area contributed by atoms with E-state index in [9.17, 15) is 19.5 Å². The number of aliphatic carboxylic acids is 1. The molecule has 2 N–H and O–H groups in total. The van der Waals surface area contributed by atoms with Crippen LogP contribution < -0.4 is 10.1 Å². The Morgan fingerprint density at radius 2 is 2.08 bits per heavy atom. The lowest BCUT2D eigenvalue weighted by molar-refractivity contribution is -0.146. The number of ketones is 1. The molecule has 0 radical (unpaired) electrons. The summed E-state index contributed by atoms with van der Waals surface area (Å²) >= 11 is 0. The van der Waals surface area contributed by atoms with E-state index in [0.717, 1.165) is 12.8 Å². The number of amides is 1. The fraction of sp³-hybridized carbons (Fsp3) is 0.550. The maximum Gasteiger partial charge on any atom is 0.308 e. The highest BCUT2D eigenvalue weighted by Crippen LogP contribution is 2.34. The van der Waals surface area contributed by atoms with Gasteiger partial charge in [-0.1, -0.05) is 25.0 Å². The van der Waals surface area contributed by atoms with Gasteiger partial charge in [-0.05, 0) is 45.2 Å². The van der Waals surface area contributed by atoms with Gasteiger partial charge in [0.2, 0.25) is 5.91 Å². The maximum absolute atomic E-state index is 12.2. The van der Waals surface area contributed by atoms with Crippen molar-refractivity contribution in [2.75, 3.05) is 6.61 Å². The first-order valence-electron chi connectivity index (χ1n) is 9.09. The van der Waals surface area contributed by atoms with E-state index >= 15 is 0 Å². The molecule has 2 rings (SSSR count). The number of ether oxygens (including phenoxy) is 1. The van der Waals surface area contributed by atoms with Gasteiger partial charge < -0.3 is 15.2 Å². The summed E-state index contributed by atoms with van der Waals surface area (Å²) in [5.74, 6) is -0.958. The first kappa shape index (κ1) is 19.9. The fourth-order valence-corrected chi connectivity index (χ4v) is 3.49. The minimum Gasteiger partial charge on any atom is -0.494 e. The number of carbonyl (C=O) groups is 3. The van der Waals surface area contributed by atoms with Gasteiger partial charge in [0, 0.05) is 12.0 Å². The Balaban J connectivity index is 1.79. The van der Waals surface area contributed by atoms with Crippen LogP contribution in [0.3, 0.4) is 0 Å². The molecule has 1 aromatic carbocycles. The van der Waals surface area contributed by atoms with E-state index in [-0.39, 0.29) is 18.1 Å². The van der Waals surface area contributed by atoms with Crippen molar-refractivity contribution in [2.24, 2.45) is 5.92 Å². The largest absolute Gasteiger partial charge is 0.494 e. The molecule has 1 aliphatic rings. The van der Waals surface area contributed by atoms with Gasteiger partial charge in [-0.15, -0.1) is 0 Å². The van der Waals surface area contributed by atoms with Crippen molar-refractivity contribution < 1.29 is 24.2 Å². The summed E-state index contributed by atoms with van der Waals surface area (Å²) in [6.45, 7) is 3.68. The Hall–Kier alpha value is -2.37. The zero-order valence-electron chi connectivity index (χ0n) is 15.4. The summed E-state index contributed by atoms with van der Waals surface area (Å²) in [6, 6.07) is 6.94. The monoisotopic (exact) mass is 361 g/mol. The van der Waals surface area contributed by atoms with Crippen molar-refractivity contribution in [3.63, 3.8) is 0 Å². The third-order valence-corrected chi connectivity index (χ3v) is 4.99. The summed E-state index contributed by atoms with van der Waals surface area (Å²) in [4.78, 5) is 35.0. The highest BCUT2D eigenvalue weighted by molar-refractivity contribution is 5.94. The fourth-order valence-electron chi connectivity index (χ4n) is 3.49. The van der Waals surface area contributed by atoms with Crippen molar-refractivity contribution in [1.29, 1.82) is 0 Å². The number of carboxylic acids is 1. The van der Waals surface area contributed by atoms with E-state index in [0.29, 0.717) is 37.2 Å². The second-order valence-corrected chi connectivity index (χ2v) is 7.14. The number of hydrogen-bond donors (Lipinski definition) is 2. The first-order valence-corrected chi connectivity index (χ1v) is 9.09. The van der Waals surface area contributed by atoms with Gasteiger partial charge in [-0.3, -0.25) is 14.4 Å². The van der Waals surface area contributed by atoms with Crippen molar-refractivity contribution in [3.05, 3.63) is 29.8 Å². The normalized spacial score (nSPS) is 22.5. The molecule has 1 saturated carbocycles. The van der Waals surface area contributed by atoms with E-state index < -0.39 is 17.4 Å². The van der Waals surface area contributed by atoms with Crippen LogP contribution in [0, 0.1) is 5.92 Å². The van der Waals surface area contributed by atoms with Crippen LogP contribution in [0.15, 0.2) is 24.3 Å². The summed E-state index contributed by atoms with van der Waals surface area (Å²) in [7, 11) is 0. The molecule has 1 aliphatic carbocycles. The second-order valence-electron chi connectivity index (χ2n) is 7.14. The predicted octanol–water partition coefficient (Wildman–Crippen LogP) is 3.20. The Labute approximate surface area is 153 Å². The number of hydrogen-bond acceptors (Lipinski definition) is 4. The molecule has 0 spiro atoms. The summed E-state index contributed by atoms with van der Waals surface area (Å²) in [6.07, 6.45) is 3.88. The van der Waals surface area contributed by atoms with Crippen molar-refractivity contribution in [3.8, 4) is 5.75 Å². The van der Waals surface area contributed by atoms with Crippen LogP contribution >= 0.6 is 0 Å². The van der Waals surface area contributed by atoms with Gasteiger partial charge in [0.15, 0.2) is 5.78 Å². The summed E-state index contributed by atoms with van der Waals surface area (Å²) in [5, 5.41) is 12.3. The lowest BCUT2D eigenvalue weighted by Crippen LogP contribution is -2.55. The van der Waals surface area contributed by atoms with E-state index in [2.05, 4.69) is 5.32 Å². The van der Waals surface area contributed by atoms with E-state index in [1.54, 1.807) is 24.3 Å². The molecule has 26 heavy (non-hydrogen) atoms. The van der Waals surface area contributed by atoms with Crippen LogP contribution in [0.1, 0.15) is 62.7 Å². The van der Waals surface area contributed by atoms with Gasteiger partial charge in [0.25, 0.3) is 0 Å². The number of nitrogens with one attached hydrogen (secondary N) is 1. The molecule has 0 bridgehead atoms. The van der Waals surface area contributed by atoms with Crippen molar-refractivity contribution in [1.82, 2.24) is 5.32 Å². The zero-order chi connectivity index (χ0) is 19.2. The molecule has 1 aromatic rings.